The smallest absolute Gasteiger partial charge is 0.0309 e. The quantitative estimate of drug-likeness (QED) is 0.832. The van der Waals surface area contributed by atoms with Crippen LogP contribution in [0.1, 0.15) is 45.4 Å². The predicted octanol–water partition coefficient (Wildman–Crippen LogP) is 2.74. The Morgan fingerprint density at radius 2 is 2.06 bits per heavy atom. The average molecular weight is 256 g/mol. The molecule has 1 heterocycles. The van der Waals surface area contributed by atoms with Crippen LogP contribution in [0.5, 0.6) is 0 Å². The number of thioether (sulfide) groups is 1. The van der Waals surface area contributed by atoms with E-state index in [0.29, 0.717) is 5.54 Å². The van der Waals surface area contributed by atoms with Crippen molar-refractivity contribution in [2.45, 2.75) is 57.0 Å². The van der Waals surface area contributed by atoms with Gasteiger partial charge in [0.15, 0.2) is 0 Å². The lowest BCUT2D eigenvalue weighted by Crippen LogP contribution is -2.63. The second-order valence-electron chi connectivity index (χ2n) is 5.76. The molecule has 1 saturated carbocycles. The van der Waals surface area contributed by atoms with E-state index in [0.717, 1.165) is 6.04 Å². The second-order valence-corrected chi connectivity index (χ2v) is 6.67. The van der Waals surface area contributed by atoms with Crippen molar-refractivity contribution in [2.24, 2.45) is 0 Å². The van der Waals surface area contributed by atoms with Gasteiger partial charge in [-0.2, -0.15) is 11.8 Å². The van der Waals surface area contributed by atoms with E-state index in [2.05, 4.69) is 23.4 Å². The summed E-state index contributed by atoms with van der Waals surface area (Å²) < 4.78 is 0. The summed E-state index contributed by atoms with van der Waals surface area (Å²) in [6.45, 7) is 6.09. The summed E-state index contributed by atoms with van der Waals surface area (Å²) >= 11 is 2.00. The van der Waals surface area contributed by atoms with Crippen molar-refractivity contribution >= 4 is 11.8 Å². The zero-order chi connectivity index (χ0) is 12.1. The minimum atomic E-state index is 0.475. The van der Waals surface area contributed by atoms with Gasteiger partial charge in [0, 0.05) is 37.0 Å². The Balaban J connectivity index is 1.95. The van der Waals surface area contributed by atoms with Crippen LogP contribution >= 0.6 is 11.8 Å². The molecule has 2 aliphatic rings. The van der Waals surface area contributed by atoms with E-state index in [9.17, 15) is 0 Å². The van der Waals surface area contributed by atoms with Gasteiger partial charge in [0.2, 0.25) is 0 Å². The van der Waals surface area contributed by atoms with Crippen LogP contribution in [0.15, 0.2) is 0 Å². The maximum Gasteiger partial charge on any atom is 0.0309 e. The molecule has 17 heavy (non-hydrogen) atoms. The molecule has 0 amide bonds. The van der Waals surface area contributed by atoms with Crippen LogP contribution in [-0.4, -0.2) is 48.1 Å². The van der Waals surface area contributed by atoms with Crippen molar-refractivity contribution in [2.75, 3.05) is 31.6 Å². The Morgan fingerprint density at radius 1 is 1.29 bits per heavy atom. The normalized spacial score (nSPS) is 27.2. The molecule has 1 unspecified atom stereocenters. The van der Waals surface area contributed by atoms with Gasteiger partial charge >= 0.3 is 0 Å². The minimum Gasteiger partial charge on any atom is -0.309 e. The van der Waals surface area contributed by atoms with Crippen LogP contribution in [0.4, 0.5) is 0 Å². The van der Waals surface area contributed by atoms with Crippen molar-refractivity contribution < 1.29 is 0 Å². The molecule has 2 rings (SSSR count). The fourth-order valence-corrected chi connectivity index (χ4v) is 4.37. The summed E-state index contributed by atoms with van der Waals surface area (Å²) in [6, 6.07) is 0.797. The first kappa shape index (κ1) is 13.7. The van der Waals surface area contributed by atoms with Crippen molar-refractivity contribution in [1.82, 2.24) is 10.2 Å². The van der Waals surface area contributed by atoms with Gasteiger partial charge in [-0.25, -0.2) is 0 Å². The van der Waals surface area contributed by atoms with Crippen LogP contribution in [0.2, 0.25) is 0 Å². The zero-order valence-corrected chi connectivity index (χ0v) is 12.3. The largest absolute Gasteiger partial charge is 0.309 e. The summed E-state index contributed by atoms with van der Waals surface area (Å²) in [5.41, 5.74) is 0.475. The second kappa shape index (κ2) is 6.44. The fourth-order valence-electron chi connectivity index (χ4n) is 3.54. The number of hydrogen-bond acceptors (Lipinski definition) is 3. The lowest BCUT2D eigenvalue weighted by Gasteiger charge is -2.48. The van der Waals surface area contributed by atoms with Crippen LogP contribution in [0.3, 0.4) is 0 Å². The van der Waals surface area contributed by atoms with E-state index in [-0.39, 0.29) is 0 Å². The minimum absolute atomic E-state index is 0.475. The summed E-state index contributed by atoms with van der Waals surface area (Å²) in [6.07, 6.45) is 10.7. The summed E-state index contributed by atoms with van der Waals surface area (Å²) in [7, 11) is 0. The molecular weight excluding hydrogens is 228 g/mol. The standard InChI is InChI=1S/C14H28N2S/c1-3-13(11-17-2)16-10-9-15-14(12-16)7-5-4-6-8-14/h13,15H,3-12H2,1-2H3. The SMILES string of the molecule is CCC(CSC)N1CCNC2(CCCCC2)C1. The molecule has 1 aliphatic carbocycles. The van der Waals surface area contributed by atoms with E-state index in [4.69, 9.17) is 0 Å². The molecule has 3 heteroatoms. The molecule has 2 fully saturated rings. The highest BCUT2D eigenvalue weighted by Gasteiger charge is 2.37. The van der Waals surface area contributed by atoms with Gasteiger partial charge in [-0.1, -0.05) is 26.2 Å². The molecule has 2 nitrogen and oxygen atoms in total. The third-order valence-electron chi connectivity index (χ3n) is 4.56. The van der Waals surface area contributed by atoms with E-state index in [1.54, 1.807) is 0 Å². The first-order chi connectivity index (χ1) is 8.29. The third kappa shape index (κ3) is 3.39. The van der Waals surface area contributed by atoms with E-state index >= 15 is 0 Å². The molecule has 0 aromatic heterocycles. The van der Waals surface area contributed by atoms with Crippen molar-refractivity contribution in [3.8, 4) is 0 Å². The van der Waals surface area contributed by atoms with Gasteiger partial charge in [0.1, 0.15) is 0 Å². The van der Waals surface area contributed by atoms with Crippen LogP contribution in [0.25, 0.3) is 0 Å². The molecule has 0 bridgehead atoms. The van der Waals surface area contributed by atoms with E-state index < -0.39 is 0 Å². The Labute approximate surface area is 111 Å². The highest BCUT2D eigenvalue weighted by molar-refractivity contribution is 7.98. The average Bonchev–Trinajstić information content (AvgIpc) is 2.37. The number of rotatable bonds is 4. The molecule has 1 N–H and O–H groups in total. The van der Waals surface area contributed by atoms with Crippen LogP contribution in [0, 0.1) is 0 Å². The maximum absolute atomic E-state index is 3.84. The predicted molar refractivity (Wildman–Crippen MR) is 77.9 cm³/mol. The van der Waals surface area contributed by atoms with E-state index in [1.807, 2.05) is 11.8 Å². The lowest BCUT2D eigenvalue weighted by atomic mass is 9.80. The van der Waals surface area contributed by atoms with Crippen LogP contribution in [-0.2, 0) is 0 Å². The van der Waals surface area contributed by atoms with Gasteiger partial charge in [-0.05, 0) is 25.5 Å². The van der Waals surface area contributed by atoms with Crippen molar-refractivity contribution in [3.63, 3.8) is 0 Å². The van der Waals surface area contributed by atoms with Gasteiger partial charge < -0.3 is 5.32 Å². The van der Waals surface area contributed by atoms with Gasteiger partial charge in [0.05, 0.1) is 0 Å². The highest BCUT2D eigenvalue weighted by Crippen LogP contribution is 2.31. The first-order valence-corrected chi connectivity index (χ1v) is 8.67. The maximum atomic E-state index is 3.84. The van der Waals surface area contributed by atoms with Gasteiger partial charge in [-0.15, -0.1) is 0 Å². The number of hydrogen-bond donors (Lipinski definition) is 1. The summed E-state index contributed by atoms with van der Waals surface area (Å²) in [5.74, 6) is 1.30. The third-order valence-corrected chi connectivity index (χ3v) is 5.28. The van der Waals surface area contributed by atoms with Gasteiger partial charge in [0.25, 0.3) is 0 Å². The summed E-state index contributed by atoms with van der Waals surface area (Å²) in [4.78, 5) is 2.76. The molecule has 100 valence electrons. The highest BCUT2D eigenvalue weighted by atomic mass is 32.2. The first-order valence-electron chi connectivity index (χ1n) is 7.28. The molecule has 0 aromatic carbocycles. The topological polar surface area (TPSA) is 15.3 Å². The number of piperazine rings is 1. The number of nitrogens with one attached hydrogen (secondary N) is 1. The van der Waals surface area contributed by atoms with Gasteiger partial charge in [-0.3, -0.25) is 4.90 Å². The zero-order valence-electron chi connectivity index (χ0n) is 11.5. The van der Waals surface area contributed by atoms with E-state index in [1.165, 1.54) is 63.9 Å². The molecule has 0 radical (unpaired) electrons. The molecule has 0 aromatic rings. The van der Waals surface area contributed by atoms with Crippen LogP contribution < -0.4 is 5.32 Å². The Morgan fingerprint density at radius 3 is 2.71 bits per heavy atom. The molecule has 1 aliphatic heterocycles. The Hall–Kier alpha value is 0.270. The Bertz CT molecular complexity index is 221. The van der Waals surface area contributed by atoms with Crippen molar-refractivity contribution in [3.05, 3.63) is 0 Å². The molecule has 1 atom stereocenters. The molecule has 1 spiro atoms. The molecule has 1 saturated heterocycles. The lowest BCUT2D eigenvalue weighted by molar-refractivity contribution is 0.0734. The number of nitrogens with zero attached hydrogens (tertiary/aromatic N) is 1. The molecular formula is C14H28N2S. The Kier molecular flexibility index (Phi) is 5.19. The van der Waals surface area contributed by atoms with Crippen molar-refractivity contribution in [1.29, 1.82) is 0 Å². The monoisotopic (exact) mass is 256 g/mol. The summed E-state index contributed by atoms with van der Waals surface area (Å²) in [5, 5.41) is 3.84. The fraction of sp³-hybridized carbons (Fsp3) is 1.00.